The zero-order valence-electron chi connectivity index (χ0n) is 27.9. The second-order valence-electron chi connectivity index (χ2n) is 13.2. The molecule has 0 aliphatic carbocycles. The van der Waals surface area contributed by atoms with Crippen molar-refractivity contribution in [2.24, 2.45) is 0 Å². The fourth-order valence-corrected chi connectivity index (χ4v) is 8.18. The molecule has 0 saturated carbocycles. The Morgan fingerprint density at radius 1 is 0.216 bits per heavy atom. The molecule has 10 aromatic rings. The van der Waals surface area contributed by atoms with Crippen LogP contribution in [0.2, 0.25) is 0 Å². The Bertz CT molecular complexity index is 2850. The Morgan fingerprint density at radius 3 is 1.33 bits per heavy atom. The predicted molar refractivity (Wildman–Crippen MR) is 231 cm³/mol. The summed E-state index contributed by atoms with van der Waals surface area (Å²) in [5.74, 6) is 0. The normalized spacial score (nSPS) is 11.4. The van der Waals surface area contributed by atoms with E-state index in [4.69, 9.17) is 0 Å². The largest absolute Gasteiger partial charge is 0.107 e. The number of hydrogen-bond donors (Lipinski definition) is 0. The maximum atomic E-state index is 2.39. The van der Waals surface area contributed by atoms with Gasteiger partial charge in [-0.25, -0.2) is 0 Å². The van der Waals surface area contributed by atoms with Gasteiger partial charge in [0.15, 0.2) is 0 Å². The zero-order chi connectivity index (χ0) is 33.0. The molecule has 0 saturated heterocycles. The van der Waals surface area contributed by atoms with Crippen LogP contribution in [0.4, 0.5) is 0 Å². The average molecular weight is 761 g/mol. The van der Waals surface area contributed by atoms with Crippen molar-refractivity contribution in [1.29, 1.82) is 0 Å². The molecule has 0 heterocycles. The summed E-state index contributed by atoms with van der Waals surface area (Å²) in [5.41, 5.74) is 9.99. The highest BCUT2D eigenvalue weighted by molar-refractivity contribution is 14.0. The average Bonchev–Trinajstić information content (AvgIpc) is 3.19. The molecule has 0 radical (unpaired) electrons. The number of hydrogen-bond acceptors (Lipinski definition) is 0. The van der Waals surface area contributed by atoms with Crippen molar-refractivity contribution in [3.63, 3.8) is 0 Å². The van der Waals surface area contributed by atoms with Crippen molar-refractivity contribution >= 4 is 77.8 Å². The van der Waals surface area contributed by atoms with Crippen molar-refractivity contribution in [1.82, 2.24) is 0 Å². The first-order chi connectivity index (χ1) is 24.8. The lowest BCUT2D eigenvalue weighted by Gasteiger charge is -2.19. The van der Waals surface area contributed by atoms with E-state index in [9.17, 15) is 0 Å². The molecular weight excluding hydrogens is 727 g/mol. The van der Waals surface area contributed by atoms with Gasteiger partial charge in [-0.15, -0.1) is 24.0 Å². The molecule has 51 heavy (non-hydrogen) atoms. The van der Waals surface area contributed by atoms with E-state index < -0.39 is 0 Å². The van der Waals surface area contributed by atoms with Gasteiger partial charge in [0.1, 0.15) is 0 Å². The molecule has 0 unspecified atom stereocenters. The van der Waals surface area contributed by atoms with E-state index in [2.05, 4.69) is 194 Å². The summed E-state index contributed by atoms with van der Waals surface area (Å²) in [5, 5.41) is 12.7. The summed E-state index contributed by atoms with van der Waals surface area (Å²) >= 11 is 0. The van der Waals surface area contributed by atoms with E-state index in [1.54, 1.807) is 0 Å². The zero-order valence-corrected chi connectivity index (χ0v) is 30.2. The van der Waals surface area contributed by atoms with E-state index in [-0.39, 0.29) is 24.0 Å². The quantitative estimate of drug-likeness (QED) is 0.0952. The van der Waals surface area contributed by atoms with Crippen molar-refractivity contribution < 1.29 is 0 Å². The molecule has 10 rings (SSSR count). The second kappa shape index (κ2) is 12.8. The molecule has 0 atom stereocenters. The van der Waals surface area contributed by atoms with Crippen LogP contribution in [0.5, 0.6) is 0 Å². The van der Waals surface area contributed by atoms with Crippen LogP contribution in [0, 0.1) is 0 Å². The van der Waals surface area contributed by atoms with E-state index in [1.807, 2.05) is 0 Å². The molecule has 240 valence electrons. The maximum Gasteiger partial charge on any atom is -0.00262 e. The number of fused-ring (bicyclic) bond motifs is 6. The Labute approximate surface area is 314 Å². The van der Waals surface area contributed by atoms with E-state index in [0.29, 0.717) is 0 Å². The molecular formula is C50H33I. The van der Waals surface area contributed by atoms with Crippen LogP contribution in [0.25, 0.3) is 98.4 Å². The minimum absolute atomic E-state index is 0. The smallest absolute Gasteiger partial charge is 0.00262 e. The van der Waals surface area contributed by atoms with Crippen molar-refractivity contribution in [2.45, 2.75) is 0 Å². The topological polar surface area (TPSA) is 0 Å². The van der Waals surface area contributed by atoms with Crippen molar-refractivity contribution in [3.8, 4) is 44.5 Å². The molecule has 0 bridgehead atoms. The number of rotatable bonds is 4. The highest BCUT2D eigenvalue weighted by Crippen LogP contribution is 2.45. The summed E-state index contributed by atoms with van der Waals surface area (Å²) in [6, 6.07) is 71.3. The fraction of sp³-hybridized carbons (Fsp3) is 0. The first kappa shape index (κ1) is 31.2. The molecule has 0 spiro atoms. The van der Waals surface area contributed by atoms with Gasteiger partial charge < -0.3 is 0 Å². The molecule has 0 aliphatic rings. The van der Waals surface area contributed by atoms with Gasteiger partial charge in [0.2, 0.25) is 0 Å². The summed E-state index contributed by atoms with van der Waals surface area (Å²) < 4.78 is 0. The van der Waals surface area contributed by atoms with Crippen LogP contribution < -0.4 is 0 Å². The minimum atomic E-state index is 0. The van der Waals surface area contributed by atoms with Gasteiger partial charge in [0, 0.05) is 0 Å². The van der Waals surface area contributed by atoms with Crippen molar-refractivity contribution in [3.05, 3.63) is 194 Å². The lowest BCUT2D eigenvalue weighted by molar-refractivity contribution is 1.63. The number of benzene rings is 10. The molecule has 10 aromatic carbocycles. The van der Waals surface area contributed by atoms with E-state index >= 15 is 0 Å². The summed E-state index contributed by atoms with van der Waals surface area (Å²) in [4.78, 5) is 0. The van der Waals surface area contributed by atoms with Crippen molar-refractivity contribution in [2.75, 3.05) is 0 Å². The minimum Gasteiger partial charge on any atom is -0.107 e. The maximum absolute atomic E-state index is 2.39. The monoisotopic (exact) mass is 760 g/mol. The number of halogens is 1. The third-order valence-corrected chi connectivity index (χ3v) is 10.4. The van der Waals surface area contributed by atoms with Gasteiger partial charge in [0.05, 0.1) is 0 Å². The summed E-state index contributed by atoms with van der Waals surface area (Å²) in [7, 11) is 0. The molecule has 0 aliphatic heterocycles. The lowest BCUT2D eigenvalue weighted by Crippen LogP contribution is -1.91. The fourth-order valence-electron chi connectivity index (χ4n) is 8.18. The highest BCUT2D eigenvalue weighted by atomic mass is 127. The van der Waals surface area contributed by atoms with Crippen LogP contribution >= 0.6 is 24.0 Å². The Hall–Kier alpha value is -5.77. The Morgan fingerprint density at radius 2 is 0.667 bits per heavy atom. The van der Waals surface area contributed by atoms with Gasteiger partial charge >= 0.3 is 0 Å². The molecule has 1 heteroatoms. The van der Waals surface area contributed by atoms with E-state index in [0.717, 1.165) is 0 Å². The van der Waals surface area contributed by atoms with E-state index in [1.165, 1.54) is 98.4 Å². The van der Waals surface area contributed by atoms with Gasteiger partial charge in [0.25, 0.3) is 0 Å². The third-order valence-electron chi connectivity index (χ3n) is 10.4. The Kier molecular flexibility index (Phi) is 7.86. The van der Waals surface area contributed by atoms with Gasteiger partial charge in [-0.2, -0.15) is 0 Å². The molecule has 0 amide bonds. The van der Waals surface area contributed by atoms with Crippen LogP contribution in [-0.2, 0) is 0 Å². The van der Waals surface area contributed by atoms with Crippen LogP contribution in [0.3, 0.4) is 0 Å². The van der Waals surface area contributed by atoms with Gasteiger partial charge in [-0.1, -0.05) is 182 Å². The first-order valence-electron chi connectivity index (χ1n) is 17.4. The summed E-state index contributed by atoms with van der Waals surface area (Å²) in [6.07, 6.45) is 0. The standard InChI is InChI=1S/C50H32.HI/c1-3-18-39-33(13-1)15-12-26-40(39)34-27-29-35(30-28-34)49-44-22-7-9-24-46(44)50(47-25-10-8-23-45(47)49)38-17-11-16-36(31-38)48-32-37-14-2-4-19-41(37)42-20-5-6-21-43(42)48;/h1-32H;1H. The SMILES string of the molecule is I.c1cc(-c2c3ccccc3c(-c3ccc(-c4cccc5ccccc45)cc3)c3ccccc23)cc(-c2cc3ccccc3c3ccccc23)c1. The second-order valence-corrected chi connectivity index (χ2v) is 13.2. The van der Waals surface area contributed by atoms with Crippen LogP contribution in [0.1, 0.15) is 0 Å². The van der Waals surface area contributed by atoms with Crippen LogP contribution in [-0.4, -0.2) is 0 Å². The first-order valence-corrected chi connectivity index (χ1v) is 17.4. The Balaban J connectivity index is 0.00000348. The lowest BCUT2D eigenvalue weighted by atomic mass is 9.84. The van der Waals surface area contributed by atoms with Crippen LogP contribution in [0.15, 0.2) is 194 Å². The van der Waals surface area contributed by atoms with Gasteiger partial charge in [-0.3, -0.25) is 0 Å². The molecule has 0 nitrogen and oxygen atoms in total. The molecule has 0 aromatic heterocycles. The predicted octanol–water partition coefficient (Wildman–Crippen LogP) is 14.7. The summed E-state index contributed by atoms with van der Waals surface area (Å²) in [6.45, 7) is 0. The highest BCUT2D eigenvalue weighted by Gasteiger charge is 2.18. The van der Waals surface area contributed by atoms with Gasteiger partial charge in [-0.05, 0) is 111 Å². The third kappa shape index (κ3) is 5.19. The molecule has 0 N–H and O–H groups in total. The molecule has 0 fully saturated rings.